The van der Waals surface area contributed by atoms with E-state index >= 15 is 0 Å². The van der Waals surface area contributed by atoms with Gasteiger partial charge in [0, 0.05) is 19.3 Å². The standard InChI is InChI=1S/C15H24N2O3S/c1-3-4-5-8-17(2)21(18,19)14-11-13(16)10-12-7-6-9-20-15(12)14/h10-11H,3-9,16H2,1-2H3. The van der Waals surface area contributed by atoms with Crippen molar-refractivity contribution in [1.82, 2.24) is 4.31 Å². The summed E-state index contributed by atoms with van der Waals surface area (Å²) in [6.45, 7) is 3.16. The first kappa shape index (κ1) is 16.1. The number of aryl methyl sites for hydroxylation is 1. The minimum absolute atomic E-state index is 0.205. The van der Waals surface area contributed by atoms with Gasteiger partial charge in [-0.05, 0) is 37.0 Å². The van der Waals surface area contributed by atoms with Crippen LogP contribution in [0.3, 0.4) is 0 Å². The van der Waals surface area contributed by atoms with Crippen LogP contribution < -0.4 is 10.5 Å². The monoisotopic (exact) mass is 312 g/mol. The minimum Gasteiger partial charge on any atom is -0.492 e. The van der Waals surface area contributed by atoms with Crippen LogP contribution in [0.1, 0.15) is 38.2 Å². The number of hydrogen-bond donors (Lipinski definition) is 1. The number of nitrogens with zero attached hydrogens (tertiary/aromatic N) is 1. The predicted octanol–water partition coefficient (Wildman–Crippen LogP) is 2.40. The molecule has 0 radical (unpaired) electrons. The minimum atomic E-state index is -3.56. The number of nitrogen functional groups attached to an aromatic ring is 1. The van der Waals surface area contributed by atoms with Crippen molar-refractivity contribution >= 4 is 15.7 Å². The molecular weight excluding hydrogens is 288 g/mol. The molecule has 0 aromatic heterocycles. The molecule has 0 spiro atoms. The average Bonchev–Trinajstić information content (AvgIpc) is 2.46. The molecule has 1 aliphatic heterocycles. The molecule has 0 atom stereocenters. The Morgan fingerprint density at radius 3 is 2.81 bits per heavy atom. The van der Waals surface area contributed by atoms with Crippen LogP contribution in [0.4, 0.5) is 5.69 Å². The van der Waals surface area contributed by atoms with Gasteiger partial charge in [0.1, 0.15) is 10.6 Å². The van der Waals surface area contributed by atoms with Gasteiger partial charge in [0.15, 0.2) is 0 Å². The summed E-state index contributed by atoms with van der Waals surface area (Å²) in [6, 6.07) is 3.32. The van der Waals surface area contributed by atoms with Crippen LogP contribution in [-0.2, 0) is 16.4 Å². The zero-order valence-electron chi connectivity index (χ0n) is 12.8. The molecule has 5 nitrogen and oxygen atoms in total. The summed E-state index contributed by atoms with van der Waals surface area (Å²) in [5.74, 6) is 0.484. The molecule has 1 aromatic rings. The third-order valence-corrected chi connectivity index (χ3v) is 5.62. The fourth-order valence-corrected chi connectivity index (χ4v) is 3.95. The number of rotatable bonds is 6. The Hall–Kier alpha value is -1.27. The van der Waals surface area contributed by atoms with E-state index < -0.39 is 10.0 Å². The summed E-state index contributed by atoms with van der Waals surface area (Å²) in [4.78, 5) is 0.205. The molecular formula is C15H24N2O3S. The Labute approximate surface area is 127 Å². The third kappa shape index (κ3) is 3.49. The van der Waals surface area contributed by atoms with Gasteiger partial charge in [-0.1, -0.05) is 19.8 Å². The number of hydrogen-bond acceptors (Lipinski definition) is 4. The number of sulfonamides is 1. The van der Waals surface area contributed by atoms with Crippen molar-refractivity contribution in [3.8, 4) is 5.75 Å². The van der Waals surface area contributed by atoms with Crippen molar-refractivity contribution in [2.24, 2.45) is 0 Å². The van der Waals surface area contributed by atoms with Crippen molar-refractivity contribution in [3.63, 3.8) is 0 Å². The number of unbranched alkanes of at least 4 members (excludes halogenated alkanes) is 2. The maximum absolute atomic E-state index is 12.7. The van der Waals surface area contributed by atoms with Crippen LogP contribution in [-0.4, -0.2) is 32.9 Å². The van der Waals surface area contributed by atoms with E-state index in [1.165, 1.54) is 10.4 Å². The molecule has 1 aromatic carbocycles. The maximum Gasteiger partial charge on any atom is 0.246 e. The van der Waals surface area contributed by atoms with Gasteiger partial charge >= 0.3 is 0 Å². The van der Waals surface area contributed by atoms with E-state index in [2.05, 4.69) is 6.92 Å². The normalized spacial score (nSPS) is 14.8. The summed E-state index contributed by atoms with van der Waals surface area (Å²) in [7, 11) is -1.94. The van der Waals surface area contributed by atoms with E-state index in [1.54, 1.807) is 7.05 Å². The summed E-state index contributed by atoms with van der Waals surface area (Å²) in [5.41, 5.74) is 7.23. The molecule has 6 heteroatoms. The first-order chi connectivity index (χ1) is 9.96. The lowest BCUT2D eigenvalue weighted by atomic mass is 10.1. The van der Waals surface area contributed by atoms with Crippen molar-refractivity contribution in [2.45, 2.75) is 43.9 Å². The topological polar surface area (TPSA) is 72.6 Å². The number of fused-ring (bicyclic) bond motifs is 1. The highest BCUT2D eigenvalue weighted by molar-refractivity contribution is 7.89. The summed E-state index contributed by atoms with van der Waals surface area (Å²) in [5, 5.41) is 0. The summed E-state index contributed by atoms with van der Waals surface area (Å²) in [6.07, 6.45) is 4.64. The van der Waals surface area contributed by atoms with Gasteiger partial charge in [-0.25, -0.2) is 12.7 Å². The highest BCUT2D eigenvalue weighted by Gasteiger charge is 2.28. The van der Waals surface area contributed by atoms with Crippen molar-refractivity contribution in [3.05, 3.63) is 17.7 Å². The summed E-state index contributed by atoms with van der Waals surface area (Å²) < 4.78 is 32.5. The lowest BCUT2D eigenvalue weighted by Crippen LogP contribution is -2.29. The molecule has 0 amide bonds. The van der Waals surface area contributed by atoms with Gasteiger partial charge in [0.2, 0.25) is 10.0 Å². The highest BCUT2D eigenvalue weighted by Crippen LogP contribution is 2.35. The lowest BCUT2D eigenvalue weighted by molar-refractivity contribution is 0.279. The molecule has 0 aliphatic carbocycles. The molecule has 1 aliphatic rings. The Balaban J connectivity index is 2.33. The van der Waals surface area contributed by atoms with Gasteiger partial charge in [0.05, 0.1) is 6.61 Å². The predicted molar refractivity (Wildman–Crippen MR) is 84.0 cm³/mol. The molecule has 0 saturated carbocycles. The highest BCUT2D eigenvalue weighted by atomic mass is 32.2. The number of anilines is 1. The Morgan fingerprint density at radius 1 is 1.33 bits per heavy atom. The van der Waals surface area contributed by atoms with Crippen molar-refractivity contribution in [1.29, 1.82) is 0 Å². The molecule has 2 N–H and O–H groups in total. The lowest BCUT2D eigenvalue weighted by Gasteiger charge is -2.24. The summed E-state index contributed by atoms with van der Waals surface area (Å²) >= 11 is 0. The van der Waals surface area contributed by atoms with E-state index in [9.17, 15) is 8.42 Å². The van der Waals surface area contributed by atoms with Crippen LogP contribution in [0.5, 0.6) is 5.75 Å². The molecule has 0 saturated heterocycles. The first-order valence-electron chi connectivity index (χ1n) is 7.48. The van der Waals surface area contributed by atoms with Gasteiger partial charge in [-0.3, -0.25) is 0 Å². The fourth-order valence-electron chi connectivity index (χ4n) is 2.53. The van der Waals surface area contributed by atoms with Crippen LogP contribution in [0.15, 0.2) is 17.0 Å². The number of ether oxygens (including phenoxy) is 1. The van der Waals surface area contributed by atoms with E-state index in [1.807, 2.05) is 6.07 Å². The quantitative estimate of drug-likeness (QED) is 0.646. The molecule has 1 heterocycles. The Kier molecular flexibility index (Phi) is 5.11. The third-order valence-electron chi connectivity index (χ3n) is 3.76. The van der Waals surface area contributed by atoms with Gasteiger partial charge < -0.3 is 10.5 Å². The second-order valence-corrected chi connectivity index (χ2v) is 7.51. The largest absolute Gasteiger partial charge is 0.492 e. The molecule has 0 fully saturated rings. The zero-order chi connectivity index (χ0) is 15.5. The van der Waals surface area contributed by atoms with E-state index in [0.29, 0.717) is 24.6 Å². The number of benzene rings is 1. The van der Waals surface area contributed by atoms with Crippen molar-refractivity contribution in [2.75, 3.05) is 25.9 Å². The number of nitrogens with two attached hydrogens (primary N) is 1. The first-order valence-corrected chi connectivity index (χ1v) is 8.92. The van der Waals surface area contributed by atoms with Crippen LogP contribution in [0.2, 0.25) is 0 Å². The molecule has 0 unspecified atom stereocenters. The van der Waals surface area contributed by atoms with E-state index in [0.717, 1.165) is 37.7 Å². The molecule has 118 valence electrons. The second kappa shape index (κ2) is 6.66. The van der Waals surface area contributed by atoms with Crippen LogP contribution >= 0.6 is 0 Å². The van der Waals surface area contributed by atoms with Gasteiger partial charge in [-0.15, -0.1) is 0 Å². The van der Waals surface area contributed by atoms with Crippen LogP contribution in [0, 0.1) is 0 Å². The Morgan fingerprint density at radius 2 is 2.10 bits per heavy atom. The SMILES string of the molecule is CCCCCN(C)S(=O)(=O)c1cc(N)cc2c1OCCC2. The van der Waals surface area contributed by atoms with Crippen LogP contribution in [0.25, 0.3) is 0 Å². The second-order valence-electron chi connectivity index (χ2n) is 5.49. The van der Waals surface area contributed by atoms with Crippen molar-refractivity contribution < 1.29 is 13.2 Å². The molecule has 0 bridgehead atoms. The maximum atomic E-state index is 12.7. The average molecular weight is 312 g/mol. The smallest absolute Gasteiger partial charge is 0.246 e. The zero-order valence-corrected chi connectivity index (χ0v) is 13.6. The molecule has 2 rings (SSSR count). The van der Waals surface area contributed by atoms with Gasteiger partial charge in [0.25, 0.3) is 0 Å². The van der Waals surface area contributed by atoms with E-state index in [-0.39, 0.29) is 4.90 Å². The van der Waals surface area contributed by atoms with E-state index in [4.69, 9.17) is 10.5 Å². The van der Waals surface area contributed by atoms with Gasteiger partial charge in [-0.2, -0.15) is 0 Å². The fraction of sp³-hybridized carbons (Fsp3) is 0.600. The molecule has 21 heavy (non-hydrogen) atoms. The Bertz CT molecular complexity index is 599.